The van der Waals surface area contributed by atoms with Crippen LogP contribution in [-0.4, -0.2) is 57.2 Å². The normalized spacial score (nSPS) is 19.4. The van der Waals surface area contributed by atoms with E-state index in [2.05, 4.69) is 36.4 Å². The fourth-order valence-electron chi connectivity index (χ4n) is 2.30. The van der Waals surface area contributed by atoms with Crippen molar-refractivity contribution in [2.75, 3.05) is 32.4 Å². The van der Waals surface area contributed by atoms with Gasteiger partial charge < -0.3 is 10.6 Å². The number of hydrogen-bond donors (Lipinski definition) is 2. The van der Waals surface area contributed by atoms with Crippen LogP contribution in [0.5, 0.6) is 0 Å². The molecule has 1 aliphatic heterocycles. The van der Waals surface area contributed by atoms with Gasteiger partial charge in [-0.2, -0.15) is 0 Å². The van der Waals surface area contributed by atoms with Gasteiger partial charge in [-0.1, -0.05) is 6.92 Å². The number of halogens is 1. The molecule has 1 unspecified atom stereocenters. The zero-order chi connectivity index (χ0) is 15.9. The average molecular weight is 446 g/mol. The van der Waals surface area contributed by atoms with Crippen molar-refractivity contribution < 1.29 is 8.42 Å². The summed E-state index contributed by atoms with van der Waals surface area (Å²) < 4.78 is 24.5. The molecule has 22 heavy (non-hydrogen) atoms. The van der Waals surface area contributed by atoms with Crippen molar-refractivity contribution in [3.63, 3.8) is 0 Å². The van der Waals surface area contributed by atoms with Crippen LogP contribution in [0.25, 0.3) is 0 Å². The Balaban J connectivity index is 0.00000441. The molecule has 132 valence electrons. The highest BCUT2D eigenvalue weighted by atomic mass is 127. The van der Waals surface area contributed by atoms with Crippen molar-refractivity contribution in [1.29, 1.82) is 0 Å². The molecule has 2 N–H and O–H groups in total. The minimum absolute atomic E-state index is 0. The maximum Gasteiger partial charge on any atom is 0.211 e. The first-order valence-corrected chi connectivity index (χ1v) is 9.71. The number of hydrogen-bond acceptors (Lipinski definition) is 3. The maximum atomic E-state index is 11.5. The molecule has 1 heterocycles. The fourth-order valence-corrected chi connectivity index (χ4v) is 3.17. The van der Waals surface area contributed by atoms with Gasteiger partial charge in [0.2, 0.25) is 10.0 Å². The van der Waals surface area contributed by atoms with Crippen molar-refractivity contribution in [3.8, 4) is 0 Å². The number of sulfonamides is 1. The number of piperidine rings is 1. The molecule has 0 aromatic carbocycles. The topological polar surface area (TPSA) is 73.8 Å². The van der Waals surface area contributed by atoms with Crippen LogP contribution in [0, 0.1) is 5.92 Å². The zero-order valence-electron chi connectivity index (χ0n) is 14.1. The second-order valence-electron chi connectivity index (χ2n) is 5.78. The Hall–Kier alpha value is -0.0900. The average Bonchev–Trinajstić information content (AvgIpc) is 2.44. The summed E-state index contributed by atoms with van der Waals surface area (Å²) in [7, 11) is -3.04. The smallest absolute Gasteiger partial charge is 0.211 e. The molecule has 0 saturated carbocycles. The van der Waals surface area contributed by atoms with Gasteiger partial charge >= 0.3 is 0 Å². The van der Waals surface area contributed by atoms with Gasteiger partial charge in [0.15, 0.2) is 5.96 Å². The van der Waals surface area contributed by atoms with E-state index in [9.17, 15) is 8.42 Å². The Kier molecular flexibility index (Phi) is 10.6. The van der Waals surface area contributed by atoms with E-state index in [1.54, 1.807) is 4.31 Å². The molecular weight excluding hydrogens is 415 g/mol. The minimum atomic E-state index is -3.04. The second kappa shape index (κ2) is 10.6. The Morgan fingerprint density at radius 3 is 2.36 bits per heavy atom. The Labute approximate surface area is 152 Å². The van der Waals surface area contributed by atoms with Gasteiger partial charge in [0.05, 0.1) is 6.26 Å². The monoisotopic (exact) mass is 446 g/mol. The first kappa shape index (κ1) is 21.9. The standard InChI is InChI=1S/C14H30N4O2S.HI/c1-5-12(3)17-14(15-6-2)16-11-13-7-9-18(10-8-13)21(4,19)20;/h12-13H,5-11H2,1-4H3,(H2,15,16,17);1H. The molecule has 1 fully saturated rings. The second-order valence-corrected chi connectivity index (χ2v) is 7.76. The lowest BCUT2D eigenvalue weighted by Crippen LogP contribution is -2.43. The fraction of sp³-hybridized carbons (Fsp3) is 0.929. The third kappa shape index (κ3) is 7.96. The van der Waals surface area contributed by atoms with Crippen LogP contribution in [0.2, 0.25) is 0 Å². The largest absolute Gasteiger partial charge is 0.357 e. The summed E-state index contributed by atoms with van der Waals surface area (Å²) >= 11 is 0. The first-order valence-electron chi connectivity index (χ1n) is 7.86. The van der Waals surface area contributed by atoms with Crippen LogP contribution in [0.15, 0.2) is 4.99 Å². The quantitative estimate of drug-likeness (QED) is 0.370. The van der Waals surface area contributed by atoms with E-state index in [-0.39, 0.29) is 24.0 Å². The number of nitrogens with zero attached hydrogens (tertiary/aromatic N) is 2. The van der Waals surface area contributed by atoms with Gasteiger partial charge in [-0.3, -0.25) is 4.99 Å². The minimum Gasteiger partial charge on any atom is -0.357 e. The lowest BCUT2D eigenvalue weighted by Gasteiger charge is -2.29. The summed E-state index contributed by atoms with van der Waals surface area (Å²) in [4.78, 5) is 4.64. The Bertz CT molecular complexity index is 434. The van der Waals surface area contributed by atoms with Gasteiger partial charge in [0, 0.05) is 32.2 Å². The van der Waals surface area contributed by atoms with E-state index in [0.717, 1.165) is 38.3 Å². The van der Waals surface area contributed by atoms with Crippen LogP contribution < -0.4 is 10.6 Å². The molecule has 6 nitrogen and oxygen atoms in total. The molecule has 0 bridgehead atoms. The van der Waals surface area contributed by atoms with E-state index in [0.29, 0.717) is 25.0 Å². The predicted molar refractivity (Wildman–Crippen MR) is 103 cm³/mol. The van der Waals surface area contributed by atoms with E-state index in [1.165, 1.54) is 6.26 Å². The molecule has 0 radical (unpaired) electrons. The predicted octanol–water partition coefficient (Wildman–Crippen LogP) is 1.63. The van der Waals surface area contributed by atoms with Gasteiger partial charge in [-0.15, -0.1) is 24.0 Å². The molecule has 1 aliphatic rings. The lowest BCUT2D eigenvalue weighted by atomic mass is 9.98. The highest BCUT2D eigenvalue weighted by molar-refractivity contribution is 14.0. The summed E-state index contributed by atoms with van der Waals surface area (Å²) in [6.45, 7) is 9.17. The van der Waals surface area contributed by atoms with Gasteiger partial charge in [0.25, 0.3) is 0 Å². The summed E-state index contributed by atoms with van der Waals surface area (Å²) in [5.41, 5.74) is 0. The van der Waals surface area contributed by atoms with Crippen molar-refractivity contribution in [2.24, 2.45) is 10.9 Å². The van der Waals surface area contributed by atoms with E-state index < -0.39 is 10.0 Å². The molecular formula is C14H31IN4O2S. The van der Waals surface area contributed by atoms with Crippen LogP contribution >= 0.6 is 24.0 Å². The molecule has 0 aliphatic carbocycles. The summed E-state index contributed by atoms with van der Waals surface area (Å²) in [6.07, 6.45) is 4.11. The third-order valence-corrected chi connectivity index (χ3v) is 5.19. The molecule has 0 aromatic heterocycles. The molecule has 0 spiro atoms. The number of guanidine groups is 1. The van der Waals surface area contributed by atoms with Gasteiger partial charge in [-0.25, -0.2) is 12.7 Å². The van der Waals surface area contributed by atoms with Crippen molar-refractivity contribution in [1.82, 2.24) is 14.9 Å². The molecule has 8 heteroatoms. The first-order chi connectivity index (χ1) is 9.86. The van der Waals surface area contributed by atoms with Gasteiger partial charge in [-0.05, 0) is 39.0 Å². The third-order valence-electron chi connectivity index (χ3n) is 3.89. The maximum absolute atomic E-state index is 11.5. The Morgan fingerprint density at radius 1 is 1.32 bits per heavy atom. The van der Waals surface area contributed by atoms with Crippen LogP contribution in [-0.2, 0) is 10.0 Å². The number of nitrogens with one attached hydrogen (secondary N) is 2. The molecule has 1 saturated heterocycles. The molecule has 1 atom stereocenters. The van der Waals surface area contributed by atoms with E-state index >= 15 is 0 Å². The van der Waals surface area contributed by atoms with Crippen molar-refractivity contribution in [3.05, 3.63) is 0 Å². The van der Waals surface area contributed by atoms with E-state index in [4.69, 9.17) is 0 Å². The summed E-state index contributed by atoms with van der Waals surface area (Å²) in [5.74, 6) is 1.33. The molecule has 0 amide bonds. The van der Waals surface area contributed by atoms with Gasteiger partial charge in [0.1, 0.15) is 0 Å². The molecule has 0 aromatic rings. The van der Waals surface area contributed by atoms with E-state index in [1.807, 2.05) is 0 Å². The van der Waals surface area contributed by atoms with Crippen molar-refractivity contribution in [2.45, 2.75) is 46.1 Å². The summed E-state index contributed by atoms with van der Waals surface area (Å²) in [6, 6.07) is 0.398. The van der Waals surface area contributed by atoms with Crippen LogP contribution in [0.3, 0.4) is 0 Å². The Morgan fingerprint density at radius 2 is 1.91 bits per heavy atom. The highest BCUT2D eigenvalue weighted by Gasteiger charge is 2.24. The lowest BCUT2D eigenvalue weighted by molar-refractivity contribution is 0.280. The molecule has 1 rings (SSSR count). The SMILES string of the molecule is CCNC(=NCC1CCN(S(C)(=O)=O)CC1)NC(C)CC.I. The number of aliphatic imine (C=N–C) groups is 1. The van der Waals surface area contributed by atoms with Crippen LogP contribution in [0.4, 0.5) is 0 Å². The van der Waals surface area contributed by atoms with Crippen LogP contribution in [0.1, 0.15) is 40.0 Å². The zero-order valence-corrected chi connectivity index (χ0v) is 17.3. The summed E-state index contributed by atoms with van der Waals surface area (Å²) in [5, 5.41) is 6.63. The van der Waals surface area contributed by atoms with Crippen molar-refractivity contribution >= 4 is 40.0 Å². The highest BCUT2D eigenvalue weighted by Crippen LogP contribution is 2.19. The number of rotatable bonds is 6.